The second-order valence-electron chi connectivity index (χ2n) is 5.32. The minimum absolute atomic E-state index is 0.465. The van der Waals surface area contributed by atoms with Crippen LogP contribution in [0.5, 0.6) is 0 Å². The summed E-state index contributed by atoms with van der Waals surface area (Å²) in [6, 6.07) is 11.3. The molecule has 0 atom stereocenters. The van der Waals surface area contributed by atoms with E-state index in [9.17, 15) is 0 Å². The molecule has 3 heterocycles. The Labute approximate surface area is 162 Å². The summed E-state index contributed by atoms with van der Waals surface area (Å²) in [5.74, 6) is 2.56. The second-order valence-corrected chi connectivity index (χ2v) is 7.75. The smallest absolute Gasteiger partial charge is 0.276 e. The molecule has 0 amide bonds. The van der Waals surface area contributed by atoms with Crippen LogP contribution in [0, 0.1) is 0 Å². The molecule has 0 radical (unpaired) electrons. The quantitative estimate of drug-likeness (QED) is 0.308. The zero-order valence-corrected chi connectivity index (χ0v) is 15.9. The fourth-order valence-corrected chi connectivity index (χ4v) is 3.79. The lowest BCUT2D eigenvalue weighted by Gasteiger charge is -1.95. The van der Waals surface area contributed by atoms with Crippen LogP contribution in [-0.4, -0.2) is 26.1 Å². The van der Waals surface area contributed by atoms with Gasteiger partial charge in [-0.25, -0.2) is 0 Å². The molecule has 4 rings (SSSR count). The lowest BCUT2D eigenvalue weighted by atomic mass is 10.2. The Balaban J connectivity index is 1.28. The Kier molecular flexibility index (Phi) is 5.33. The van der Waals surface area contributed by atoms with Crippen molar-refractivity contribution in [3.8, 4) is 22.2 Å². The van der Waals surface area contributed by atoms with Gasteiger partial charge in [0.15, 0.2) is 0 Å². The van der Waals surface area contributed by atoms with Gasteiger partial charge >= 0.3 is 0 Å². The first-order valence-electron chi connectivity index (χ1n) is 7.86. The van der Waals surface area contributed by atoms with Crippen LogP contribution in [0.4, 0.5) is 0 Å². The second kappa shape index (κ2) is 8.03. The van der Waals surface area contributed by atoms with Crippen LogP contribution in [0.3, 0.4) is 0 Å². The number of rotatable bonds is 7. The number of thiophene rings is 1. The molecule has 0 spiro atoms. The van der Waals surface area contributed by atoms with Crippen LogP contribution >= 0.6 is 34.7 Å². The number of thioether (sulfide) groups is 1. The number of aromatic nitrogens is 4. The van der Waals surface area contributed by atoms with Crippen molar-refractivity contribution in [2.75, 3.05) is 5.75 Å². The molecule has 0 aliphatic carbocycles. The van der Waals surface area contributed by atoms with Gasteiger partial charge in [-0.05, 0) is 36.1 Å². The molecule has 1 aromatic carbocycles. The molecule has 0 N–H and O–H groups in total. The van der Waals surface area contributed by atoms with Crippen LogP contribution in [-0.2, 0) is 6.42 Å². The Hall–Kier alpha value is -2.16. The van der Waals surface area contributed by atoms with Crippen LogP contribution in [0.15, 0.2) is 55.9 Å². The van der Waals surface area contributed by atoms with E-state index in [1.54, 1.807) is 23.5 Å². The van der Waals surface area contributed by atoms with Crippen molar-refractivity contribution in [1.29, 1.82) is 0 Å². The highest BCUT2D eigenvalue weighted by Gasteiger charge is 2.11. The molecular formula is C17H13ClN4O2S2. The first-order chi connectivity index (χ1) is 12.8. The molecule has 0 aliphatic rings. The molecule has 0 unspecified atom stereocenters. The summed E-state index contributed by atoms with van der Waals surface area (Å²) in [5, 5.41) is 15.3. The zero-order chi connectivity index (χ0) is 17.8. The number of hydrogen-bond donors (Lipinski definition) is 0. The van der Waals surface area contributed by atoms with Gasteiger partial charge in [0.25, 0.3) is 5.22 Å². The standard InChI is InChI=1S/C17H13ClN4O2S2/c18-12-5-1-4-11(10-12)16-20-21-17(23-16)26-9-3-7-14-19-15(22-24-14)13-6-2-8-25-13/h1-2,4-6,8,10H,3,7,9H2. The van der Waals surface area contributed by atoms with Gasteiger partial charge in [-0.2, -0.15) is 4.98 Å². The van der Waals surface area contributed by atoms with E-state index in [0.29, 0.717) is 34.3 Å². The Bertz CT molecular complexity index is 984. The van der Waals surface area contributed by atoms with Crippen LogP contribution < -0.4 is 0 Å². The molecule has 26 heavy (non-hydrogen) atoms. The summed E-state index contributed by atoms with van der Waals surface area (Å²) in [6.07, 6.45) is 1.58. The minimum atomic E-state index is 0.465. The van der Waals surface area contributed by atoms with Gasteiger partial charge in [-0.3, -0.25) is 0 Å². The normalized spacial score (nSPS) is 11.1. The van der Waals surface area contributed by atoms with Crippen LogP contribution in [0.25, 0.3) is 22.2 Å². The van der Waals surface area contributed by atoms with Crippen molar-refractivity contribution < 1.29 is 8.94 Å². The third-order valence-electron chi connectivity index (χ3n) is 3.45. The van der Waals surface area contributed by atoms with Crippen molar-refractivity contribution >= 4 is 34.7 Å². The van der Waals surface area contributed by atoms with Gasteiger partial charge in [-0.15, -0.1) is 21.5 Å². The Morgan fingerprint density at radius 1 is 1.15 bits per heavy atom. The monoisotopic (exact) mass is 404 g/mol. The summed E-state index contributed by atoms with van der Waals surface area (Å²) in [6.45, 7) is 0. The van der Waals surface area contributed by atoms with Crippen molar-refractivity contribution in [2.24, 2.45) is 0 Å². The number of hydrogen-bond acceptors (Lipinski definition) is 8. The van der Waals surface area contributed by atoms with Crippen molar-refractivity contribution in [3.05, 3.63) is 52.7 Å². The molecule has 0 saturated carbocycles. The van der Waals surface area contributed by atoms with Crippen LogP contribution in [0.1, 0.15) is 12.3 Å². The van der Waals surface area contributed by atoms with E-state index in [4.69, 9.17) is 20.5 Å². The third kappa shape index (κ3) is 4.14. The van der Waals surface area contributed by atoms with Crippen LogP contribution in [0.2, 0.25) is 5.02 Å². The average molecular weight is 405 g/mol. The third-order valence-corrected chi connectivity index (χ3v) is 5.45. The minimum Gasteiger partial charge on any atom is -0.411 e. The van der Waals surface area contributed by atoms with Gasteiger partial charge < -0.3 is 8.94 Å². The zero-order valence-electron chi connectivity index (χ0n) is 13.5. The van der Waals surface area contributed by atoms with E-state index in [1.165, 1.54) is 11.8 Å². The summed E-state index contributed by atoms with van der Waals surface area (Å²) < 4.78 is 10.9. The van der Waals surface area contributed by atoms with E-state index in [0.717, 1.165) is 22.6 Å². The number of halogens is 1. The highest BCUT2D eigenvalue weighted by molar-refractivity contribution is 7.99. The fourth-order valence-electron chi connectivity index (χ4n) is 2.25. The van der Waals surface area contributed by atoms with Gasteiger partial charge in [0.05, 0.1) is 4.88 Å². The first-order valence-corrected chi connectivity index (χ1v) is 10.1. The topological polar surface area (TPSA) is 77.8 Å². The lowest BCUT2D eigenvalue weighted by Crippen LogP contribution is -1.88. The van der Waals surface area contributed by atoms with Crippen molar-refractivity contribution in [2.45, 2.75) is 18.1 Å². The number of aryl methyl sites for hydroxylation is 1. The molecule has 3 aromatic heterocycles. The summed E-state index contributed by atoms with van der Waals surface area (Å²) in [4.78, 5) is 5.42. The van der Waals surface area contributed by atoms with E-state index in [-0.39, 0.29) is 0 Å². The largest absolute Gasteiger partial charge is 0.411 e. The molecule has 4 aromatic rings. The predicted octanol–water partition coefficient (Wildman–Crippen LogP) is 5.23. The van der Waals surface area contributed by atoms with E-state index >= 15 is 0 Å². The maximum absolute atomic E-state index is 5.98. The van der Waals surface area contributed by atoms with E-state index < -0.39 is 0 Å². The maximum atomic E-state index is 5.98. The van der Waals surface area contributed by atoms with E-state index in [2.05, 4.69) is 20.3 Å². The Morgan fingerprint density at radius 3 is 2.96 bits per heavy atom. The van der Waals surface area contributed by atoms with Crippen molar-refractivity contribution in [1.82, 2.24) is 20.3 Å². The highest BCUT2D eigenvalue weighted by atomic mass is 35.5. The summed E-state index contributed by atoms with van der Waals surface area (Å²) in [7, 11) is 0. The molecule has 132 valence electrons. The SMILES string of the molecule is Clc1cccc(-c2nnc(SCCCc3nc(-c4cccs4)no3)o2)c1. The molecule has 0 aliphatic heterocycles. The van der Waals surface area contributed by atoms with Gasteiger partial charge in [0, 0.05) is 22.8 Å². The molecule has 9 heteroatoms. The van der Waals surface area contributed by atoms with E-state index in [1.807, 2.05) is 29.6 Å². The first kappa shape index (κ1) is 17.3. The molecule has 0 fully saturated rings. The summed E-state index contributed by atoms with van der Waals surface area (Å²) >= 11 is 9.08. The highest BCUT2D eigenvalue weighted by Crippen LogP contribution is 2.26. The maximum Gasteiger partial charge on any atom is 0.276 e. The lowest BCUT2D eigenvalue weighted by molar-refractivity contribution is 0.378. The van der Waals surface area contributed by atoms with Gasteiger partial charge in [-0.1, -0.05) is 40.7 Å². The molecule has 0 bridgehead atoms. The fraction of sp³-hybridized carbons (Fsp3) is 0.176. The Morgan fingerprint density at radius 2 is 2.12 bits per heavy atom. The predicted molar refractivity (Wildman–Crippen MR) is 101 cm³/mol. The average Bonchev–Trinajstić information content (AvgIpc) is 3.39. The molecule has 6 nitrogen and oxygen atoms in total. The molecule has 0 saturated heterocycles. The van der Waals surface area contributed by atoms with Crippen molar-refractivity contribution in [3.63, 3.8) is 0 Å². The van der Waals surface area contributed by atoms with Gasteiger partial charge in [0.2, 0.25) is 17.6 Å². The number of benzene rings is 1. The number of nitrogens with zero attached hydrogens (tertiary/aromatic N) is 4. The molecular weight excluding hydrogens is 392 g/mol. The summed E-state index contributed by atoms with van der Waals surface area (Å²) in [5.41, 5.74) is 0.809. The van der Waals surface area contributed by atoms with Gasteiger partial charge in [0.1, 0.15) is 0 Å².